The van der Waals surface area contributed by atoms with Gasteiger partial charge in [-0.05, 0) is 31.6 Å². The first-order valence-corrected chi connectivity index (χ1v) is 7.87. The van der Waals surface area contributed by atoms with E-state index in [2.05, 4.69) is 0 Å². The van der Waals surface area contributed by atoms with Crippen molar-refractivity contribution in [2.75, 3.05) is 0 Å². The molecule has 0 bridgehead atoms. The lowest BCUT2D eigenvalue weighted by Crippen LogP contribution is -2.67. The first-order chi connectivity index (χ1) is 8.96. The summed E-state index contributed by atoms with van der Waals surface area (Å²) in [5.41, 5.74) is 2.79. The Bertz CT molecular complexity index is 289. The smallest absolute Gasteiger partial charge is 0.145 e. The molecule has 0 spiro atoms. The van der Waals surface area contributed by atoms with Gasteiger partial charge < -0.3 is 21.1 Å². The van der Waals surface area contributed by atoms with E-state index in [0.717, 1.165) is 19.3 Å². The molecule has 3 atom stereocenters. The van der Waals surface area contributed by atoms with Crippen molar-refractivity contribution in [3.63, 3.8) is 0 Å². The summed E-state index contributed by atoms with van der Waals surface area (Å²) in [6.07, 6.45) is 9.21. The molecular weight excluding hydrogens is 242 g/mol. The SMILES string of the molecule is NC(O)(CCC1CCCCC1)C1(O)CCCCC1O. The lowest BCUT2D eigenvalue weighted by atomic mass is 9.72. The Morgan fingerprint density at radius 2 is 1.68 bits per heavy atom. The number of hydrogen-bond acceptors (Lipinski definition) is 4. The summed E-state index contributed by atoms with van der Waals surface area (Å²) < 4.78 is 0. The average Bonchev–Trinajstić information content (AvgIpc) is 2.41. The van der Waals surface area contributed by atoms with Gasteiger partial charge in [0.1, 0.15) is 11.3 Å². The van der Waals surface area contributed by atoms with Crippen LogP contribution in [0.5, 0.6) is 0 Å². The monoisotopic (exact) mass is 271 g/mol. The van der Waals surface area contributed by atoms with Crippen LogP contribution >= 0.6 is 0 Å². The van der Waals surface area contributed by atoms with Gasteiger partial charge in [0.2, 0.25) is 0 Å². The second kappa shape index (κ2) is 6.08. The normalized spacial score (nSPS) is 36.9. The molecule has 19 heavy (non-hydrogen) atoms. The molecule has 2 saturated carbocycles. The molecular formula is C15H29NO3. The zero-order valence-corrected chi connectivity index (χ0v) is 11.9. The molecule has 0 heterocycles. The van der Waals surface area contributed by atoms with Crippen LogP contribution in [0, 0.1) is 5.92 Å². The maximum absolute atomic E-state index is 10.6. The molecule has 2 aliphatic rings. The molecule has 0 aromatic heterocycles. The van der Waals surface area contributed by atoms with Gasteiger partial charge in [0.15, 0.2) is 0 Å². The van der Waals surface area contributed by atoms with Crippen LogP contribution < -0.4 is 5.73 Å². The largest absolute Gasteiger partial charge is 0.390 e. The summed E-state index contributed by atoms with van der Waals surface area (Å²) >= 11 is 0. The molecule has 2 aliphatic carbocycles. The molecule has 0 aromatic carbocycles. The molecule has 112 valence electrons. The molecule has 2 rings (SSSR count). The van der Waals surface area contributed by atoms with Crippen LogP contribution in [0.25, 0.3) is 0 Å². The standard InChI is InChI=1S/C15H29NO3/c16-15(19,11-9-12-6-2-1-3-7-12)14(18)10-5-4-8-13(14)17/h12-13,17-19H,1-11,16H2. The number of aliphatic hydroxyl groups excluding tert-OH is 1. The highest BCUT2D eigenvalue weighted by atomic mass is 16.4. The van der Waals surface area contributed by atoms with Crippen molar-refractivity contribution in [1.29, 1.82) is 0 Å². The van der Waals surface area contributed by atoms with Crippen LogP contribution in [0.1, 0.15) is 70.6 Å². The summed E-state index contributed by atoms with van der Waals surface area (Å²) in [7, 11) is 0. The lowest BCUT2D eigenvalue weighted by molar-refractivity contribution is -0.218. The van der Waals surface area contributed by atoms with E-state index in [4.69, 9.17) is 5.73 Å². The van der Waals surface area contributed by atoms with Gasteiger partial charge in [-0.25, -0.2) is 0 Å². The summed E-state index contributed by atoms with van der Waals surface area (Å²) in [6, 6.07) is 0. The molecule has 2 fully saturated rings. The van der Waals surface area contributed by atoms with Crippen LogP contribution in [0.15, 0.2) is 0 Å². The van der Waals surface area contributed by atoms with Crippen molar-refractivity contribution < 1.29 is 15.3 Å². The summed E-state index contributed by atoms with van der Waals surface area (Å²) in [5.74, 6) is 0.619. The predicted octanol–water partition coefficient (Wildman–Crippen LogP) is 1.66. The first kappa shape index (κ1) is 15.2. The van der Waals surface area contributed by atoms with E-state index < -0.39 is 17.4 Å². The minimum Gasteiger partial charge on any atom is -0.390 e. The third-order valence-corrected chi connectivity index (χ3v) is 5.24. The topological polar surface area (TPSA) is 86.7 Å². The quantitative estimate of drug-likeness (QED) is 0.586. The predicted molar refractivity (Wildman–Crippen MR) is 74.4 cm³/mol. The second-order valence-electron chi connectivity index (χ2n) is 6.65. The highest BCUT2D eigenvalue weighted by Crippen LogP contribution is 2.38. The Balaban J connectivity index is 1.92. The van der Waals surface area contributed by atoms with Gasteiger partial charge in [0.05, 0.1) is 6.10 Å². The van der Waals surface area contributed by atoms with E-state index in [1.54, 1.807) is 0 Å². The highest BCUT2D eigenvalue weighted by Gasteiger charge is 2.52. The van der Waals surface area contributed by atoms with Crippen molar-refractivity contribution in [2.45, 2.75) is 88.1 Å². The molecule has 0 radical (unpaired) electrons. The maximum atomic E-state index is 10.6. The third-order valence-electron chi connectivity index (χ3n) is 5.24. The summed E-state index contributed by atoms with van der Waals surface area (Å²) in [6.45, 7) is 0. The Kier molecular flexibility index (Phi) is 4.88. The fourth-order valence-electron chi connectivity index (χ4n) is 3.76. The van der Waals surface area contributed by atoms with Gasteiger partial charge in [0, 0.05) is 0 Å². The number of nitrogens with two attached hydrogens (primary N) is 1. The highest BCUT2D eigenvalue weighted by molar-refractivity contribution is 5.02. The van der Waals surface area contributed by atoms with Crippen molar-refractivity contribution in [1.82, 2.24) is 0 Å². The van der Waals surface area contributed by atoms with Crippen molar-refractivity contribution >= 4 is 0 Å². The van der Waals surface area contributed by atoms with Gasteiger partial charge in [-0.3, -0.25) is 0 Å². The fraction of sp³-hybridized carbons (Fsp3) is 1.00. The molecule has 4 nitrogen and oxygen atoms in total. The third kappa shape index (κ3) is 3.30. The van der Waals surface area contributed by atoms with Crippen LogP contribution in [0.2, 0.25) is 0 Å². The molecule has 3 unspecified atom stereocenters. The molecule has 0 aliphatic heterocycles. The zero-order valence-electron chi connectivity index (χ0n) is 11.9. The summed E-state index contributed by atoms with van der Waals surface area (Å²) in [4.78, 5) is 0. The van der Waals surface area contributed by atoms with Crippen molar-refractivity contribution in [3.05, 3.63) is 0 Å². The fourth-order valence-corrected chi connectivity index (χ4v) is 3.76. The number of aliphatic hydroxyl groups is 3. The Morgan fingerprint density at radius 3 is 2.32 bits per heavy atom. The van der Waals surface area contributed by atoms with Crippen LogP contribution in [0.3, 0.4) is 0 Å². The van der Waals surface area contributed by atoms with Crippen LogP contribution in [0.4, 0.5) is 0 Å². The second-order valence-corrected chi connectivity index (χ2v) is 6.65. The zero-order chi connectivity index (χ0) is 13.9. The average molecular weight is 271 g/mol. The van der Waals surface area contributed by atoms with E-state index in [0.29, 0.717) is 25.2 Å². The minimum absolute atomic E-state index is 0.380. The van der Waals surface area contributed by atoms with E-state index >= 15 is 0 Å². The van der Waals surface area contributed by atoms with Gasteiger partial charge >= 0.3 is 0 Å². The van der Waals surface area contributed by atoms with E-state index in [1.165, 1.54) is 32.1 Å². The van der Waals surface area contributed by atoms with E-state index in [1.807, 2.05) is 0 Å². The molecule has 0 amide bonds. The van der Waals surface area contributed by atoms with Gasteiger partial charge in [-0.15, -0.1) is 0 Å². The molecule has 5 N–H and O–H groups in total. The summed E-state index contributed by atoms with van der Waals surface area (Å²) in [5, 5.41) is 31.1. The van der Waals surface area contributed by atoms with Gasteiger partial charge in [-0.1, -0.05) is 44.9 Å². The van der Waals surface area contributed by atoms with Crippen molar-refractivity contribution in [3.8, 4) is 0 Å². The van der Waals surface area contributed by atoms with Crippen LogP contribution in [-0.4, -0.2) is 32.7 Å². The van der Waals surface area contributed by atoms with Crippen molar-refractivity contribution in [2.24, 2.45) is 11.7 Å². The van der Waals surface area contributed by atoms with E-state index in [-0.39, 0.29) is 0 Å². The van der Waals surface area contributed by atoms with E-state index in [9.17, 15) is 15.3 Å². The van der Waals surface area contributed by atoms with Gasteiger partial charge in [-0.2, -0.15) is 0 Å². The van der Waals surface area contributed by atoms with Crippen LogP contribution in [-0.2, 0) is 0 Å². The minimum atomic E-state index is -1.66. The Morgan fingerprint density at radius 1 is 1.05 bits per heavy atom. The molecule has 4 heteroatoms. The lowest BCUT2D eigenvalue weighted by Gasteiger charge is -2.47. The number of hydrogen-bond donors (Lipinski definition) is 4. The molecule has 0 saturated heterocycles. The first-order valence-electron chi connectivity index (χ1n) is 7.87. The maximum Gasteiger partial charge on any atom is 0.145 e. The van der Waals surface area contributed by atoms with Gasteiger partial charge in [0.25, 0.3) is 0 Å². The molecule has 0 aromatic rings. The Labute approximate surface area is 116 Å². The number of rotatable bonds is 4. The Hall–Kier alpha value is -0.160.